The number of nitrogens with one attached hydrogen (secondary N) is 1. The molecule has 1 aliphatic rings. The molecule has 1 fully saturated rings. The Morgan fingerprint density at radius 3 is 2.36 bits per heavy atom. The average Bonchev–Trinajstić information content (AvgIpc) is 2.91. The summed E-state index contributed by atoms with van der Waals surface area (Å²) >= 11 is 0. The quantitative estimate of drug-likeness (QED) is 0.613. The number of ketones is 1. The van der Waals surface area contributed by atoms with Gasteiger partial charge in [-0.2, -0.15) is 0 Å². The van der Waals surface area contributed by atoms with Crippen LogP contribution in [-0.4, -0.2) is 43.4 Å². The van der Waals surface area contributed by atoms with Gasteiger partial charge in [-0.15, -0.1) is 0 Å². The van der Waals surface area contributed by atoms with Crippen LogP contribution in [0.15, 0.2) is 42.5 Å². The number of urea groups is 1. The summed E-state index contributed by atoms with van der Waals surface area (Å²) in [6.45, 7) is 3.19. The van der Waals surface area contributed by atoms with Crippen LogP contribution in [0.25, 0.3) is 0 Å². The first kappa shape index (κ1) is 19.4. The molecule has 1 heterocycles. The van der Waals surface area contributed by atoms with Gasteiger partial charge in [0, 0.05) is 6.07 Å². The van der Waals surface area contributed by atoms with E-state index in [2.05, 4.69) is 5.32 Å². The summed E-state index contributed by atoms with van der Waals surface area (Å²) in [5.74, 6) is -0.0219. The van der Waals surface area contributed by atoms with Gasteiger partial charge in [-0.25, -0.2) is 4.79 Å². The van der Waals surface area contributed by atoms with Crippen molar-refractivity contribution in [3.05, 3.63) is 59.2 Å². The molecule has 0 saturated carbocycles. The Kier molecular flexibility index (Phi) is 5.09. The number of nitrogens with zero attached hydrogens (tertiary/aromatic N) is 1. The smallest absolute Gasteiger partial charge is 0.325 e. The van der Waals surface area contributed by atoms with Gasteiger partial charge >= 0.3 is 6.03 Å². The monoisotopic (exact) mass is 382 g/mol. The SMILES string of the molecule is COc1ccc(C(=O)CN2C(=O)N[C@@](C)(c3ccc(C)cc3)C2=O)c(OC)c1. The zero-order valence-electron chi connectivity index (χ0n) is 16.2. The van der Waals surface area contributed by atoms with Crippen LogP contribution in [0.3, 0.4) is 0 Å². The van der Waals surface area contributed by atoms with Crippen molar-refractivity contribution in [1.29, 1.82) is 0 Å². The van der Waals surface area contributed by atoms with E-state index in [0.717, 1.165) is 10.5 Å². The van der Waals surface area contributed by atoms with Gasteiger partial charge in [0.05, 0.1) is 26.3 Å². The lowest BCUT2D eigenvalue weighted by Gasteiger charge is -2.22. The molecule has 1 saturated heterocycles. The third-order valence-corrected chi connectivity index (χ3v) is 4.91. The van der Waals surface area contributed by atoms with E-state index in [0.29, 0.717) is 17.1 Å². The van der Waals surface area contributed by atoms with E-state index in [9.17, 15) is 14.4 Å². The zero-order chi connectivity index (χ0) is 20.5. The molecule has 0 aliphatic carbocycles. The number of imide groups is 1. The number of aryl methyl sites for hydroxylation is 1. The van der Waals surface area contributed by atoms with Crippen molar-refractivity contribution in [2.24, 2.45) is 0 Å². The second-order valence-electron chi connectivity index (χ2n) is 6.80. The molecule has 1 atom stereocenters. The van der Waals surface area contributed by atoms with Gasteiger partial charge in [0.15, 0.2) is 5.78 Å². The molecule has 0 spiro atoms. The molecule has 146 valence electrons. The third-order valence-electron chi connectivity index (χ3n) is 4.91. The van der Waals surface area contributed by atoms with E-state index in [1.54, 1.807) is 37.3 Å². The van der Waals surface area contributed by atoms with Gasteiger partial charge in [0.1, 0.15) is 17.0 Å². The number of rotatable bonds is 6. The van der Waals surface area contributed by atoms with E-state index in [1.807, 2.05) is 19.1 Å². The Labute approximate surface area is 163 Å². The first-order valence-electron chi connectivity index (χ1n) is 8.76. The first-order chi connectivity index (χ1) is 13.3. The molecule has 0 aromatic heterocycles. The minimum absolute atomic E-state index is 0.271. The van der Waals surface area contributed by atoms with Crippen molar-refractivity contribution in [1.82, 2.24) is 10.2 Å². The molecule has 28 heavy (non-hydrogen) atoms. The highest BCUT2D eigenvalue weighted by atomic mass is 16.5. The predicted octanol–water partition coefficient (Wildman–Crippen LogP) is 2.66. The highest BCUT2D eigenvalue weighted by Crippen LogP contribution is 2.30. The summed E-state index contributed by atoms with van der Waals surface area (Å²) in [7, 11) is 2.95. The van der Waals surface area contributed by atoms with Crippen molar-refractivity contribution in [2.45, 2.75) is 19.4 Å². The zero-order valence-corrected chi connectivity index (χ0v) is 16.2. The number of hydrogen-bond donors (Lipinski definition) is 1. The highest BCUT2D eigenvalue weighted by Gasteiger charge is 2.49. The van der Waals surface area contributed by atoms with Crippen molar-refractivity contribution < 1.29 is 23.9 Å². The number of amides is 3. The van der Waals surface area contributed by atoms with Crippen molar-refractivity contribution in [3.63, 3.8) is 0 Å². The Morgan fingerprint density at radius 1 is 1.07 bits per heavy atom. The standard InChI is InChI=1S/C21H22N2O5/c1-13-5-7-14(8-6-13)21(2)19(25)23(20(26)22-21)12-17(24)16-10-9-15(27-3)11-18(16)28-4/h5-11H,12H2,1-4H3,(H,22,26)/t21-/m0/s1. The Balaban J connectivity index is 1.85. The molecule has 7 nitrogen and oxygen atoms in total. The van der Waals surface area contributed by atoms with E-state index in [4.69, 9.17) is 9.47 Å². The molecule has 0 bridgehead atoms. The number of hydrogen-bond acceptors (Lipinski definition) is 5. The lowest BCUT2D eigenvalue weighted by atomic mass is 9.91. The topological polar surface area (TPSA) is 84.9 Å². The molecule has 0 unspecified atom stereocenters. The van der Waals surface area contributed by atoms with Crippen LogP contribution in [-0.2, 0) is 10.3 Å². The van der Waals surface area contributed by atoms with E-state index in [1.165, 1.54) is 14.2 Å². The number of Topliss-reactive ketones (excluding diaryl/α,β-unsaturated/α-hetero) is 1. The van der Waals surface area contributed by atoms with Crippen LogP contribution in [0.5, 0.6) is 11.5 Å². The molecular formula is C21H22N2O5. The van der Waals surface area contributed by atoms with Crippen LogP contribution >= 0.6 is 0 Å². The Bertz CT molecular complexity index is 938. The van der Waals surface area contributed by atoms with E-state index < -0.39 is 23.3 Å². The number of methoxy groups -OCH3 is 2. The molecule has 3 amide bonds. The van der Waals surface area contributed by atoms with Crippen molar-refractivity contribution in [3.8, 4) is 11.5 Å². The minimum atomic E-state index is -1.21. The molecule has 2 aromatic carbocycles. The number of carbonyl (C=O) groups excluding carboxylic acids is 3. The molecule has 2 aromatic rings. The number of ether oxygens (including phenoxy) is 2. The van der Waals surface area contributed by atoms with E-state index >= 15 is 0 Å². The van der Waals surface area contributed by atoms with Crippen LogP contribution in [0.1, 0.15) is 28.4 Å². The fraction of sp³-hybridized carbons (Fsp3) is 0.286. The van der Waals surface area contributed by atoms with Gasteiger partial charge in [-0.3, -0.25) is 14.5 Å². The second kappa shape index (κ2) is 7.34. The van der Waals surface area contributed by atoms with Gasteiger partial charge in [0.2, 0.25) is 0 Å². The van der Waals surface area contributed by atoms with Gasteiger partial charge in [-0.1, -0.05) is 29.8 Å². The number of benzene rings is 2. The lowest BCUT2D eigenvalue weighted by molar-refractivity contribution is -0.130. The maximum Gasteiger partial charge on any atom is 0.325 e. The van der Waals surface area contributed by atoms with Gasteiger partial charge < -0.3 is 14.8 Å². The molecular weight excluding hydrogens is 360 g/mol. The molecule has 1 aliphatic heterocycles. The van der Waals surface area contributed by atoms with Crippen LogP contribution < -0.4 is 14.8 Å². The van der Waals surface area contributed by atoms with E-state index in [-0.39, 0.29) is 12.1 Å². The molecule has 3 rings (SSSR count). The third kappa shape index (κ3) is 3.31. The largest absolute Gasteiger partial charge is 0.497 e. The summed E-state index contributed by atoms with van der Waals surface area (Å²) in [6.07, 6.45) is 0. The first-order valence-corrected chi connectivity index (χ1v) is 8.76. The molecule has 0 radical (unpaired) electrons. The molecule has 7 heteroatoms. The fourth-order valence-electron chi connectivity index (χ4n) is 3.18. The fourth-order valence-corrected chi connectivity index (χ4v) is 3.18. The highest BCUT2D eigenvalue weighted by molar-refractivity contribution is 6.11. The normalized spacial score (nSPS) is 18.8. The summed E-state index contributed by atoms with van der Waals surface area (Å²) < 4.78 is 10.4. The summed E-state index contributed by atoms with van der Waals surface area (Å²) in [6, 6.07) is 11.5. The maximum atomic E-state index is 13.0. The predicted molar refractivity (Wildman–Crippen MR) is 103 cm³/mol. The van der Waals surface area contributed by atoms with Gasteiger partial charge in [0.25, 0.3) is 5.91 Å². The second-order valence-corrected chi connectivity index (χ2v) is 6.80. The maximum absolute atomic E-state index is 13.0. The average molecular weight is 382 g/mol. The Hall–Kier alpha value is -3.35. The van der Waals surface area contributed by atoms with Crippen LogP contribution in [0, 0.1) is 6.92 Å². The summed E-state index contributed by atoms with van der Waals surface area (Å²) in [5, 5.41) is 2.70. The lowest BCUT2D eigenvalue weighted by Crippen LogP contribution is -2.41. The van der Waals surface area contributed by atoms with Crippen LogP contribution in [0.2, 0.25) is 0 Å². The summed E-state index contributed by atoms with van der Waals surface area (Å²) in [5.41, 5.74) is 0.763. The van der Waals surface area contributed by atoms with Crippen molar-refractivity contribution in [2.75, 3.05) is 20.8 Å². The number of carbonyl (C=O) groups is 3. The molecule has 1 N–H and O–H groups in total. The van der Waals surface area contributed by atoms with Gasteiger partial charge in [-0.05, 0) is 31.5 Å². The minimum Gasteiger partial charge on any atom is -0.497 e. The van der Waals surface area contributed by atoms with Crippen LogP contribution in [0.4, 0.5) is 4.79 Å². The summed E-state index contributed by atoms with van der Waals surface area (Å²) in [4.78, 5) is 39.1. The van der Waals surface area contributed by atoms with Crippen molar-refractivity contribution >= 4 is 17.7 Å². The Morgan fingerprint density at radius 2 is 1.75 bits per heavy atom.